The van der Waals surface area contributed by atoms with E-state index in [1.807, 2.05) is 19.9 Å². The van der Waals surface area contributed by atoms with Gasteiger partial charge in [0.25, 0.3) is 0 Å². The molecule has 4 bridgehead atoms. The van der Waals surface area contributed by atoms with Crippen molar-refractivity contribution >= 4 is 11.6 Å². The molecule has 0 spiro atoms. The van der Waals surface area contributed by atoms with Crippen LogP contribution in [0, 0.1) is 43.9 Å². The smallest absolute Gasteiger partial charge is 0.147 e. The molecule has 236 valence electrons. The van der Waals surface area contributed by atoms with Gasteiger partial charge in [-0.1, -0.05) is 12.5 Å². The lowest BCUT2D eigenvalue weighted by atomic mass is 9.93. The molecule has 4 saturated heterocycles. The van der Waals surface area contributed by atoms with Gasteiger partial charge in [-0.2, -0.15) is 5.26 Å². The summed E-state index contributed by atoms with van der Waals surface area (Å²) in [6.45, 7) is 15.0. The number of piperazine rings is 2. The number of nitrogens with one attached hydrogen (secondary N) is 1. The minimum atomic E-state index is 0.744. The highest BCUT2D eigenvalue weighted by Crippen LogP contribution is 2.46. The van der Waals surface area contributed by atoms with E-state index in [9.17, 15) is 5.26 Å². The quantitative estimate of drug-likeness (QED) is 0.546. The molecule has 2 aromatic rings. The van der Waals surface area contributed by atoms with Crippen LogP contribution in [0.5, 0.6) is 0 Å². The van der Waals surface area contributed by atoms with Crippen molar-refractivity contribution in [2.45, 2.75) is 96.3 Å². The average molecular weight is 597 g/mol. The highest BCUT2D eigenvalue weighted by molar-refractivity contribution is 5.58. The van der Waals surface area contributed by atoms with Gasteiger partial charge in [-0.05, 0) is 101 Å². The second-order valence-electron chi connectivity index (χ2n) is 14.6. The lowest BCUT2D eigenvalue weighted by Gasteiger charge is -2.43. The van der Waals surface area contributed by atoms with Crippen LogP contribution in [0.1, 0.15) is 73.9 Å². The Morgan fingerprint density at radius 3 is 2.09 bits per heavy atom. The molecule has 2 aromatic heterocycles. The van der Waals surface area contributed by atoms with Crippen molar-refractivity contribution in [1.29, 1.82) is 5.26 Å². The van der Waals surface area contributed by atoms with Crippen LogP contribution in [0.2, 0.25) is 0 Å². The van der Waals surface area contributed by atoms with Crippen LogP contribution in [0.3, 0.4) is 0 Å². The standard InChI is InChI=1S/C19H27N5.C17H25N3/c1-13-9-14(2)21-19(18(13)12-20)24-7-5-23(6-8-24)17-10-15-3-4-16(11-17)22-15;1-13-3-2-4-17(18-13)20-9-7-19(8-10-20)16-12-14-5-6-15(16)11-14/h9,15-17,22H,3-8,10-11H2,1-2H3;2-4,14-16H,5-12H2,1H3. The van der Waals surface area contributed by atoms with E-state index >= 15 is 0 Å². The molecule has 5 atom stereocenters. The van der Waals surface area contributed by atoms with E-state index in [0.29, 0.717) is 0 Å². The van der Waals surface area contributed by atoms with Gasteiger partial charge in [0.15, 0.2) is 0 Å². The Morgan fingerprint density at radius 2 is 1.45 bits per heavy atom. The normalized spacial score (nSPS) is 32.0. The van der Waals surface area contributed by atoms with Crippen LogP contribution in [0.15, 0.2) is 24.3 Å². The van der Waals surface area contributed by atoms with Gasteiger partial charge < -0.3 is 15.1 Å². The van der Waals surface area contributed by atoms with Gasteiger partial charge in [-0.3, -0.25) is 9.80 Å². The van der Waals surface area contributed by atoms with E-state index in [1.165, 1.54) is 64.5 Å². The first-order valence-electron chi connectivity index (χ1n) is 17.5. The maximum atomic E-state index is 9.51. The molecule has 2 saturated carbocycles. The number of aromatic nitrogens is 2. The highest BCUT2D eigenvalue weighted by atomic mass is 15.3. The summed E-state index contributed by atoms with van der Waals surface area (Å²) in [6, 6.07) is 13.9. The Balaban J connectivity index is 0.000000144. The Kier molecular flexibility index (Phi) is 8.81. The van der Waals surface area contributed by atoms with E-state index in [2.05, 4.69) is 66.1 Å². The van der Waals surface area contributed by atoms with Gasteiger partial charge in [0.2, 0.25) is 0 Å². The molecule has 8 heteroatoms. The molecule has 0 radical (unpaired) electrons. The number of nitriles is 1. The molecule has 1 N–H and O–H groups in total. The number of aryl methyl sites for hydroxylation is 3. The molecule has 5 unspecified atom stereocenters. The lowest BCUT2D eigenvalue weighted by Crippen LogP contribution is -2.55. The second-order valence-corrected chi connectivity index (χ2v) is 14.6. The zero-order valence-electron chi connectivity index (χ0n) is 27.2. The molecule has 6 aliphatic rings. The van der Waals surface area contributed by atoms with E-state index in [0.717, 1.165) is 109 Å². The molecule has 4 aliphatic heterocycles. The third-order valence-corrected chi connectivity index (χ3v) is 11.7. The minimum absolute atomic E-state index is 0.744. The van der Waals surface area contributed by atoms with E-state index in [4.69, 9.17) is 0 Å². The Morgan fingerprint density at radius 1 is 0.750 bits per heavy atom. The van der Waals surface area contributed by atoms with E-state index in [1.54, 1.807) is 0 Å². The second kappa shape index (κ2) is 12.9. The van der Waals surface area contributed by atoms with Crippen LogP contribution >= 0.6 is 0 Å². The first-order valence-corrected chi connectivity index (χ1v) is 17.5. The number of hydrogen-bond acceptors (Lipinski definition) is 8. The van der Waals surface area contributed by atoms with Crippen LogP contribution in [0.25, 0.3) is 0 Å². The van der Waals surface area contributed by atoms with Gasteiger partial charge in [-0.15, -0.1) is 0 Å². The van der Waals surface area contributed by atoms with Crippen molar-refractivity contribution in [3.05, 3.63) is 46.8 Å². The summed E-state index contributed by atoms with van der Waals surface area (Å²) in [5, 5.41) is 13.2. The zero-order chi connectivity index (χ0) is 30.2. The minimum Gasteiger partial charge on any atom is -0.354 e. The number of fused-ring (bicyclic) bond motifs is 4. The molecule has 44 heavy (non-hydrogen) atoms. The largest absolute Gasteiger partial charge is 0.354 e. The number of pyridine rings is 2. The van der Waals surface area contributed by atoms with Crippen molar-refractivity contribution in [3.63, 3.8) is 0 Å². The molecule has 6 fully saturated rings. The molecule has 0 aromatic carbocycles. The van der Waals surface area contributed by atoms with Crippen LogP contribution in [0.4, 0.5) is 11.6 Å². The third kappa shape index (κ3) is 6.34. The predicted molar refractivity (Wildman–Crippen MR) is 177 cm³/mol. The van der Waals surface area contributed by atoms with Crippen molar-refractivity contribution in [2.75, 3.05) is 62.2 Å². The summed E-state index contributed by atoms with van der Waals surface area (Å²) in [4.78, 5) is 19.6. The highest BCUT2D eigenvalue weighted by Gasteiger charge is 2.43. The summed E-state index contributed by atoms with van der Waals surface area (Å²) < 4.78 is 0. The summed E-state index contributed by atoms with van der Waals surface area (Å²) in [6.07, 6.45) is 11.3. The Labute approximate surface area is 264 Å². The van der Waals surface area contributed by atoms with Gasteiger partial charge in [0.05, 0.1) is 5.56 Å². The van der Waals surface area contributed by atoms with E-state index < -0.39 is 0 Å². The maximum Gasteiger partial charge on any atom is 0.147 e. The van der Waals surface area contributed by atoms with Gasteiger partial charge in [0.1, 0.15) is 17.7 Å². The third-order valence-electron chi connectivity index (χ3n) is 11.7. The molecular weight excluding hydrogens is 544 g/mol. The van der Waals surface area contributed by atoms with Crippen LogP contribution in [-0.4, -0.2) is 96.3 Å². The lowest BCUT2D eigenvalue weighted by molar-refractivity contribution is 0.134. The van der Waals surface area contributed by atoms with E-state index in [-0.39, 0.29) is 0 Å². The number of piperidine rings is 1. The van der Waals surface area contributed by atoms with Gasteiger partial charge in [-0.25, -0.2) is 9.97 Å². The zero-order valence-corrected chi connectivity index (χ0v) is 27.2. The van der Waals surface area contributed by atoms with Crippen molar-refractivity contribution in [1.82, 2.24) is 25.1 Å². The Bertz CT molecular complexity index is 1330. The number of rotatable bonds is 4. The van der Waals surface area contributed by atoms with Crippen LogP contribution < -0.4 is 15.1 Å². The fourth-order valence-electron chi connectivity index (χ4n) is 9.45. The SMILES string of the molecule is Cc1cc(C)c(C#N)c(N2CCN(C3CC4CCC(C3)N4)CC2)n1.Cc1cccc(N2CCN(C3CC4CCC3C4)CC2)n1. The first-order chi connectivity index (χ1) is 21.4. The maximum absolute atomic E-state index is 9.51. The molecule has 0 amide bonds. The molecule has 6 heterocycles. The Hall–Kier alpha value is -2.73. The predicted octanol–water partition coefficient (Wildman–Crippen LogP) is 4.68. The number of hydrogen-bond donors (Lipinski definition) is 1. The van der Waals surface area contributed by atoms with Crippen molar-refractivity contribution < 1.29 is 0 Å². The summed E-state index contributed by atoms with van der Waals surface area (Å²) in [7, 11) is 0. The summed E-state index contributed by atoms with van der Waals surface area (Å²) in [5.41, 5.74) is 3.91. The summed E-state index contributed by atoms with van der Waals surface area (Å²) >= 11 is 0. The molecule has 8 rings (SSSR count). The summed E-state index contributed by atoms with van der Waals surface area (Å²) in [5.74, 6) is 4.13. The van der Waals surface area contributed by atoms with Crippen molar-refractivity contribution in [3.8, 4) is 6.07 Å². The van der Waals surface area contributed by atoms with Crippen LogP contribution in [-0.2, 0) is 0 Å². The molecular formula is C36H52N8. The van der Waals surface area contributed by atoms with Gasteiger partial charge >= 0.3 is 0 Å². The average Bonchev–Trinajstić information content (AvgIpc) is 3.77. The molecule has 2 aliphatic carbocycles. The molecule has 8 nitrogen and oxygen atoms in total. The fourth-order valence-corrected chi connectivity index (χ4v) is 9.45. The first kappa shape index (κ1) is 30.0. The topological polar surface area (TPSA) is 74.6 Å². The monoisotopic (exact) mass is 596 g/mol. The van der Waals surface area contributed by atoms with Gasteiger partial charge in [0, 0.05) is 87.9 Å². The van der Waals surface area contributed by atoms with Crippen molar-refractivity contribution in [2.24, 2.45) is 11.8 Å². The number of nitrogens with zero attached hydrogens (tertiary/aromatic N) is 7. The number of anilines is 2. The fraction of sp³-hybridized carbons (Fsp3) is 0.694.